The van der Waals surface area contributed by atoms with Crippen molar-refractivity contribution in [3.05, 3.63) is 54.2 Å². The fraction of sp³-hybridized carbons (Fsp3) is 0.294. The number of amides is 1. The van der Waals surface area contributed by atoms with Crippen LogP contribution in [0, 0.1) is 0 Å². The second-order valence-electron chi connectivity index (χ2n) is 5.37. The van der Waals surface area contributed by atoms with E-state index in [0.717, 1.165) is 21.8 Å². The number of rotatable bonds is 5. The zero-order valence-corrected chi connectivity index (χ0v) is 12.8. The molecule has 2 unspecified atom stereocenters. The maximum Gasteiger partial charge on any atom is 0.241 e. The molecule has 3 N–H and O–H groups in total. The zero-order chi connectivity index (χ0) is 16.1. The minimum Gasteiger partial charge on any atom is -0.391 e. The molecule has 0 bridgehead atoms. The van der Waals surface area contributed by atoms with Crippen LogP contribution >= 0.6 is 0 Å². The van der Waals surface area contributed by atoms with Crippen molar-refractivity contribution in [1.29, 1.82) is 0 Å². The van der Waals surface area contributed by atoms with Gasteiger partial charge in [-0.3, -0.25) is 14.8 Å². The van der Waals surface area contributed by atoms with Crippen LogP contribution in [0.1, 0.15) is 19.4 Å². The summed E-state index contributed by atoms with van der Waals surface area (Å²) in [6, 6.07) is 12.9. The predicted molar refractivity (Wildman–Crippen MR) is 85.6 cm³/mol. The number of aromatic nitrogens is 1. The smallest absolute Gasteiger partial charge is 0.241 e. The fourth-order valence-corrected chi connectivity index (χ4v) is 2.10. The van der Waals surface area contributed by atoms with Crippen LogP contribution in [0.5, 0.6) is 0 Å². The van der Waals surface area contributed by atoms with E-state index in [1.54, 1.807) is 20.0 Å². The molecule has 1 aromatic carbocycles. The molecule has 0 radical (unpaired) electrons. The van der Waals surface area contributed by atoms with Crippen LogP contribution in [0.2, 0.25) is 0 Å². The zero-order valence-electron chi connectivity index (χ0n) is 12.8. The molecule has 2 aromatic rings. The molecule has 5 nitrogen and oxygen atoms in total. The minimum atomic E-state index is -0.672. The van der Waals surface area contributed by atoms with Gasteiger partial charge in [-0.25, -0.2) is 5.84 Å². The van der Waals surface area contributed by atoms with Crippen LogP contribution in [-0.2, 0) is 11.2 Å². The molecule has 22 heavy (non-hydrogen) atoms. The highest BCUT2D eigenvalue weighted by Gasteiger charge is 2.20. The van der Waals surface area contributed by atoms with Crippen molar-refractivity contribution in [2.45, 2.75) is 32.4 Å². The molecule has 2 atom stereocenters. The first kappa shape index (κ1) is 16.1. The van der Waals surface area contributed by atoms with Crippen LogP contribution in [0.25, 0.3) is 11.3 Å². The van der Waals surface area contributed by atoms with Crippen molar-refractivity contribution >= 4 is 5.91 Å². The summed E-state index contributed by atoms with van der Waals surface area (Å²) in [5.74, 6) is 5.54. The number of aliphatic hydroxyl groups is 1. The quantitative estimate of drug-likeness (QED) is 0.501. The lowest BCUT2D eigenvalue weighted by molar-refractivity contribution is -0.135. The summed E-state index contributed by atoms with van der Waals surface area (Å²) < 4.78 is 0. The van der Waals surface area contributed by atoms with Gasteiger partial charge in [0, 0.05) is 11.8 Å². The van der Waals surface area contributed by atoms with E-state index < -0.39 is 12.1 Å². The van der Waals surface area contributed by atoms with Gasteiger partial charge in [-0.2, -0.15) is 0 Å². The number of hydrogen-bond donors (Lipinski definition) is 2. The van der Waals surface area contributed by atoms with Crippen LogP contribution in [0.3, 0.4) is 0 Å². The Kier molecular flexibility index (Phi) is 5.25. The first-order chi connectivity index (χ1) is 10.5. The first-order valence-electron chi connectivity index (χ1n) is 7.24. The third-order valence-electron chi connectivity index (χ3n) is 3.67. The van der Waals surface area contributed by atoms with Crippen molar-refractivity contribution < 1.29 is 9.90 Å². The molecule has 0 fully saturated rings. The van der Waals surface area contributed by atoms with Gasteiger partial charge < -0.3 is 5.11 Å². The number of nitrogens with zero attached hydrogens (tertiary/aromatic N) is 2. The molecular weight excluding hydrogens is 278 g/mol. The Balaban J connectivity index is 2.12. The molecule has 5 heteroatoms. The normalized spacial score (nSPS) is 13.5. The predicted octanol–water partition coefficient (Wildman–Crippen LogP) is 1.76. The summed E-state index contributed by atoms with van der Waals surface area (Å²) >= 11 is 0. The van der Waals surface area contributed by atoms with E-state index in [9.17, 15) is 9.90 Å². The number of hydrogen-bond acceptors (Lipinski definition) is 4. The summed E-state index contributed by atoms with van der Waals surface area (Å²) in [4.78, 5) is 16.5. The van der Waals surface area contributed by atoms with E-state index in [4.69, 9.17) is 5.84 Å². The lowest BCUT2D eigenvalue weighted by Crippen LogP contribution is -2.49. The van der Waals surface area contributed by atoms with Crippen LogP contribution < -0.4 is 5.84 Å². The molecule has 0 aliphatic rings. The molecule has 0 saturated carbocycles. The highest BCUT2D eigenvalue weighted by atomic mass is 16.3. The Hall–Kier alpha value is -2.24. The highest BCUT2D eigenvalue weighted by Crippen LogP contribution is 2.18. The number of benzene rings is 1. The molecule has 2 rings (SSSR count). The van der Waals surface area contributed by atoms with E-state index in [0.29, 0.717) is 0 Å². The van der Waals surface area contributed by atoms with Gasteiger partial charge in [0.05, 0.1) is 24.3 Å². The van der Waals surface area contributed by atoms with Crippen molar-refractivity contribution in [2.24, 2.45) is 5.84 Å². The average Bonchev–Trinajstić information content (AvgIpc) is 2.54. The molecule has 1 aromatic heterocycles. The van der Waals surface area contributed by atoms with Crippen molar-refractivity contribution in [3.8, 4) is 11.3 Å². The summed E-state index contributed by atoms with van der Waals surface area (Å²) in [6.45, 7) is 3.33. The number of carbonyl (C=O) groups is 1. The summed E-state index contributed by atoms with van der Waals surface area (Å²) in [6.07, 6.45) is 1.25. The number of hydrazine groups is 1. The maximum atomic E-state index is 12.2. The van der Waals surface area contributed by atoms with Gasteiger partial charge in [0.15, 0.2) is 0 Å². The Morgan fingerprint density at radius 3 is 2.68 bits per heavy atom. The van der Waals surface area contributed by atoms with Gasteiger partial charge in [0.1, 0.15) is 0 Å². The first-order valence-corrected chi connectivity index (χ1v) is 7.24. The maximum absolute atomic E-state index is 12.2. The second kappa shape index (κ2) is 7.15. The molecule has 0 aliphatic carbocycles. The van der Waals surface area contributed by atoms with Crippen molar-refractivity contribution in [2.75, 3.05) is 0 Å². The van der Waals surface area contributed by atoms with E-state index in [2.05, 4.69) is 4.98 Å². The largest absolute Gasteiger partial charge is 0.391 e. The standard InChI is InChI=1S/C17H21N3O2/c1-12(13(2)21)20(18)17(22)11-14-6-5-7-15(10-14)16-8-3-4-9-19-16/h3-10,12-13,21H,11,18H2,1-2H3. The van der Waals surface area contributed by atoms with E-state index in [1.807, 2.05) is 42.5 Å². The molecule has 0 spiro atoms. The van der Waals surface area contributed by atoms with E-state index >= 15 is 0 Å². The lowest BCUT2D eigenvalue weighted by Gasteiger charge is -2.26. The average molecular weight is 299 g/mol. The summed E-state index contributed by atoms with van der Waals surface area (Å²) in [7, 11) is 0. The topological polar surface area (TPSA) is 79.5 Å². The molecule has 116 valence electrons. The summed E-state index contributed by atoms with van der Waals surface area (Å²) in [5, 5.41) is 10.6. The lowest BCUT2D eigenvalue weighted by atomic mass is 10.0. The minimum absolute atomic E-state index is 0.189. The highest BCUT2D eigenvalue weighted by molar-refractivity contribution is 5.79. The fourth-order valence-electron chi connectivity index (χ4n) is 2.10. The van der Waals surface area contributed by atoms with Crippen molar-refractivity contribution in [3.63, 3.8) is 0 Å². The van der Waals surface area contributed by atoms with E-state index in [1.165, 1.54) is 0 Å². The number of aliphatic hydroxyl groups excluding tert-OH is 1. The molecule has 0 aliphatic heterocycles. The van der Waals surface area contributed by atoms with Gasteiger partial charge in [0.25, 0.3) is 0 Å². The third kappa shape index (κ3) is 3.90. The SMILES string of the molecule is CC(O)C(C)N(N)C(=O)Cc1cccc(-c2ccccn2)c1. The van der Waals surface area contributed by atoms with Crippen LogP contribution in [-0.4, -0.2) is 33.2 Å². The van der Waals surface area contributed by atoms with Gasteiger partial charge in [0.2, 0.25) is 5.91 Å². The Morgan fingerprint density at radius 2 is 2.05 bits per heavy atom. The molecule has 0 saturated heterocycles. The van der Waals surface area contributed by atoms with Gasteiger partial charge in [-0.15, -0.1) is 0 Å². The van der Waals surface area contributed by atoms with Gasteiger partial charge in [-0.1, -0.05) is 24.3 Å². The monoisotopic (exact) mass is 299 g/mol. The number of carbonyl (C=O) groups excluding carboxylic acids is 1. The van der Waals surface area contributed by atoms with Crippen LogP contribution in [0.4, 0.5) is 0 Å². The molecule has 1 heterocycles. The van der Waals surface area contributed by atoms with Crippen molar-refractivity contribution in [1.82, 2.24) is 9.99 Å². The molecule has 1 amide bonds. The van der Waals surface area contributed by atoms with Gasteiger partial charge >= 0.3 is 0 Å². The summed E-state index contributed by atoms with van der Waals surface area (Å²) in [5.41, 5.74) is 2.68. The van der Waals surface area contributed by atoms with Crippen LogP contribution in [0.15, 0.2) is 48.7 Å². The van der Waals surface area contributed by atoms with Gasteiger partial charge in [-0.05, 0) is 37.6 Å². The second-order valence-corrected chi connectivity index (χ2v) is 5.37. The number of nitrogens with two attached hydrogens (primary N) is 1. The number of pyridine rings is 1. The molecular formula is C17H21N3O2. The Morgan fingerprint density at radius 1 is 1.27 bits per heavy atom. The third-order valence-corrected chi connectivity index (χ3v) is 3.67. The Bertz CT molecular complexity index is 629. The Labute approximate surface area is 130 Å². The van der Waals surface area contributed by atoms with E-state index in [-0.39, 0.29) is 12.3 Å².